The van der Waals surface area contributed by atoms with E-state index in [9.17, 15) is 5.11 Å². The van der Waals surface area contributed by atoms with Crippen LogP contribution in [0.2, 0.25) is 0 Å². The molecule has 1 fully saturated rings. The van der Waals surface area contributed by atoms with Crippen LogP contribution in [0, 0.1) is 0 Å². The maximum Gasteiger partial charge on any atom is 0.0802 e. The molecule has 0 amide bonds. The van der Waals surface area contributed by atoms with Gasteiger partial charge in [-0.1, -0.05) is 30.3 Å². The van der Waals surface area contributed by atoms with Gasteiger partial charge in [-0.25, -0.2) is 0 Å². The molecule has 3 heteroatoms. The SMILES string of the molecule is NC1CCN(CCC(O)c2ccccc2)CC1. The van der Waals surface area contributed by atoms with Gasteiger partial charge in [-0.15, -0.1) is 0 Å². The molecule has 0 aliphatic carbocycles. The molecule has 2 rings (SSSR count). The lowest BCUT2D eigenvalue weighted by molar-refractivity contribution is 0.131. The van der Waals surface area contributed by atoms with Gasteiger partial charge in [-0.05, 0) is 37.9 Å². The molecule has 3 N–H and O–H groups in total. The first-order valence-electron chi connectivity index (χ1n) is 6.46. The normalized spacial score (nSPS) is 20.4. The minimum Gasteiger partial charge on any atom is -0.388 e. The summed E-state index contributed by atoms with van der Waals surface area (Å²) >= 11 is 0. The van der Waals surface area contributed by atoms with Crippen LogP contribution in [-0.2, 0) is 0 Å². The number of aliphatic hydroxyl groups excluding tert-OH is 1. The van der Waals surface area contributed by atoms with Crippen LogP contribution in [0.3, 0.4) is 0 Å². The van der Waals surface area contributed by atoms with Crippen LogP contribution in [0.1, 0.15) is 30.9 Å². The highest BCUT2D eigenvalue weighted by molar-refractivity contribution is 5.17. The largest absolute Gasteiger partial charge is 0.388 e. The first kappa shape index (κ1) is 12.6. The Hall–Kier alpha value is -0.900. The third-order valence-electron chi connectivity index (χ3n) is 3.54. The van der Waals surface area contributed by atoms with Crippen molar-refractivity contribution in [3.8, 4) is 0 Å². The molecule has 1 saturated heterocycles. The van der Waals surface area contributed by atoms with Crippen molar-refractivity contribution in [1.29, 1.82) is 0 Å². The van der Waals surface area contributed by atoms with E-state index in [-0.39, 0.29) is 6.10 Å². The molecule has 1 unspecified atom stereocenters. The zero-order valence-corrected chi connectivity index (χ0v) is 10.3. The van der Waals surface area contributed by atoms with Gasteiger partial charge >= 0.3 is 0 Å². The third-order valence-corrected chi connectivity index (χ3v) is 3.54. The van der Waals surface area contributed by atoms with Crippen LogP contribution >= 0.6 is 0 Å². The zero-order valence-electron chi connectivity index (χ0n) is 10.3. The van der Waals surface area contributed by atoms with Gasteiger partial charge in [-0.3, -0.25) is 0 Å². The second-order valence-corrected chi connectivity index (χ2v) is 4.89. The summed E-state index contributed by atoms with van der Waals surface area (Å²) in [5.74, 6) is 0. The lowest BCUT2D eigenvalue weighted by Crippen LogP contribution is -2.40. The molecule has 3 nitrogen and oxygen atoms in total. The third kappa shape index (κ3) is 3.80. The molecule has 1 heterocycles. The van der Waals surface area contributed by atoms with Gasteiger partial charge < -0.3 is 15.7 Å². The van der Waals surface area contributed by atoms with E-state index >= 15 is 0 Å². The highest BCUT2D eigenvalue weighted by Gasteiger charge is 2.17. The lowest BCUT2D eigenvalue weighted by Gasteiger charge is -2.30. The van der Waals surface area contributed by atoms with Crippen LogP contribution in [0.5, 0.6) is 0 Å². The fourth-order valence-electron chi connectivity index (χ4n) is 2.32. The number of likely N-dealkylation sites (tertiary alicyclic amines) is 1. The molecule has 0 aromatic heterocycles. The number of rotatable bonds is 4. The monoisotopic (exact) mass is 234 g/mol. The maximum absolute atomic E-state index is 10.1. The summed E-state index contributed by atoms with van der Waals surface area (Å²) in [4.78, 5) is 2.40. The minimum absolute atomic E-state index is 0.341. The Morgan fingerprint density at radius 3 is 2.53 bits per heavy atom. The maximum atomic E-state index is 10.1. The van der Waals surface area contributed by atoms with Crippen LogP contribution in [0.15, 0.2) is 30.3 Å². The summed E-state index contributed by atoms with van der Waals surface area (Å²) in [6.45, 7) is 3.11. The number of hydrogen-bond donors (Lipinski definition) is 2. The Balaban J connectivity index is 1.75. The first-order chi connectivity index (χ1) is 8.25. The van der Waals surface area contributed by atoms with Crippen molar-refractivity contribution in [2.24, 2.45) is 5.73 Å². The van der Waals surface area contributed by atoms with Crippen molar-refractivity contribution in [2.75, 3.05) is 19.6 Å². The molecule has 1 atom stereocenters. The molecule has 1 aromatic rings. The van der Waals surface area contributed by atoms with Gasteiger partial charge in [0.25, 0.3) is 0 Å². The summed E-state index contributed by atoms with van der Waals surface area (Å²) in [5.41, 5.74) is 6.88. The number of nitrogens with zero attached hydrogens (tertiary/aromatic N) is 1. The molecule has 0 saturated carbocycles. The Morgan fingerprint density at radius 2 is 1.88 bits per heavy atom. The predicted molar refractivity (Wildman–Crippen MR) is 69.7 cm³/mol. The van der Waals surface area contributed by atoms with Crippen molar-refractivity contribution < 1.29 is 5.11 Å². The molecule has 0 radical (unpaired) electrons. The number of piperidine rings is 1. The number of aliphatic hydroxyl groups is 1. The van der Waals surface area contributed by atoms with E-state index in [2.05, 4.69) is 4.90 Å². The molecule has 0 bridgehead atoms. The van der Waals surface area contributed by atoms with E-state index in [1.165, 1.54) is 0 Å². The van der Waals surface area contributed by atoms with Crippen molar-refractivity contribution in [2.45, 2.75) is 31.4 Å². The standard InChI is InChI=1S/C14H22N2O/c15-13-6-9-16(10-7-13)11-8-14(17)12-4-2-1-3-5-12/h1-5,13-14,17H,6-11,15H2. The topological polar surface area (TPSA) is 49.5 Å². The van der Waals surface area contributed by atoms with E-state index < -0.39 is 0 Å². The van der Waals surface area contributed by atoms with E-state index in [0.29, 0.717) is 6.04 Å². The van der Waals surface area contributed by atoms with Gasteiger partial charge in [0.1, 0.15) is 0 Å². The van der Waals surface area contributed by atoms with Crippen LogP contribution < -0.4 is 5.73 Å². The first-order valence-corrected chi connectivity index (χ1v) is 6.46. The molecular formula is C14H22N2O. The molecule has 1 aliphatic rings. The predicted octanol–water partition coefficient (Wildman–Crippen LogP) is 1.53. The second kappa shape index (κ2) is 6.15. The number of hydrogen-bond acceptors (Lipinski definition) is 3. The van der Waals surface area contributed by atoms with Gasteiger partial charge in [0.2, 0.25) is 0 Å². The Morgan fingerprint density at radius 1 is 1.24 bits per heavy atom. The summed E-state index contributed by atoms with van der Waals surface area (Å²) in [5, 5.41) is 10.1. The lowest BCUT2D eigenvalue weighted by atomic mass is 10.0. The van der Waals surface area contributed by atoms with Gasteiger partial charge in [-0.2, -0.15) is 0 Å². The second-order valence-electron chi connectivity index (χ2n) is 4.89. The van der Waals surface area contributed by atoms with Crippen molar-refractivity contribution >= 4 is 0 Å². The van der Waals surface area contributed by atoms with E-state index in [1.807, 2.05) is 30.3 Å². The molecule has 1 aliphatic heterocycles. The number of benzene rings is 1. The average molecular weight is 234 g/mol. The van der Waals surface area contributed by atoms with Crippen LogP contribution in [-0.4, -0.2) is 35.7 Å². The summed E-state index contributed by atoms with van der Waals surface area (Å²) in [6, 6.07) is 10.3. The smallest absolute Gasteiger partial charge is 0.0802 e. The Bertz CT molecular complexity index is 320. The average Bonchev–Trinajstić information content (AvgIpc) is 2.39. The van der Waals surface area contributed by atoms with Crippen molar-refractivity contribution in [3.63, 3.8) is 0 Å². The minimum atomic E-state index is -0.341. The number of nitrogens with two attached hydrogens (primary N) is 1. The highest BCUT2D eigenvalue weighted by Crippen LogP contribution is 2.17. The van der Waals surface area contributed by atoms with E-state index in [1.54, 1.807) is 0 Å². The van der Waals surface area contributed by atoms with Crippen LogP contribution in [0.25, 0.3) is 0 Å². The Kier molecular flexibility index (Phi) is 4.54. The molecule has 0 spiro atoms. The zero-order chi connectivity index (χ0) is 12.1. The van der Waals surface area contributed by atoms with Crippen molar-refractivity contribution in [1.82, 2.24) is 4.90 Å². The van der Waals surface area contributed by atoms with Crippen LogP contribution in [0.4, 0.5) is 0 Å². The molecular weight excluding hydrogens is 212 g/mol. The molecule has 17 heavy (non-hydrogen) atoms. The highest BCUT2D eigenvalue weighted by atomic mass is 16.3. The molecule has 1 aromatic carbocycles. The van der Waals surface area contributed by atoms with Gasteiger partial charge in [0.05, 0.1) is 6.10 Å². The van der Waals surface area contributed by atoms with Gasteiger partial charge in [0, 0.05) is 12.6 Å². The summed E-state index contributed by atoms with van der Waals surface area (Å²) in [6.07, 6.45) is 2.63. The summed E-state index contributed by atoms with van der Waals surface area (Å²) < 4.78 is 0. The van der Waals surface area contributed by atoms with Crippen molar-refractivity contribution in [3.05, 3.63) is 35.9 Å². The summed E-state index contributed by atoms with van der Waals surface area (Å²) in [7, 11) is 0. The van der Waals surface area contributed by atoms with E-state index in [4.69, 9.17) is 5.73 Å². The van der Waals surface area contributed by atoms with Gasteiger partial charge in [0.15, 0.2) is 0 Å². The fraction of sp³-hybridized carbons (Fsp3) is 0.571. The fourth-order valence-corrected chi connectivity index (χ4v) is 2.32. The Labute approximate surface area is 103 Å². The molecule has 94 valence electrons. The quantitative estimate of drug-likeness (QED) is 0.830. The van der Waals surface area contributed by atoms with E-state index in [0.717, 1.165) is 44.5 Å².